The van der Waals surface area contributed by atoms with E-state index in [1.807, 2.05) is 26.2 Å². The molecule has 0 aliphatic heterocycles. The highest BCUT2D eigenvalue weighted by Crippen LogP contribution is 2.15. The Hall–Kier alpha value is -0.746. The van der Waals surface area contributed by atoms with Gasteiger partial charge in [0.2, 0.25) is 8.32 Å². The standard InChI is InChI=1S/C12H26O7Si2/c1-20(2,9-5-11(13)14)18-8-7-17-19-21(3,4)10-6-12(15)16/h5-10H2,1-4H3,(H,13,14)(H,15,16). The van der Waals surface area contributed by atoms with Crippen molar-refractivity contribution in [3.63, 3.8) is 0 Å². The van der Waals surface area contributed by atoms with Gasteiger partial charge in [0.1, 0.15) is 6.61 Å². The summed E-state index contributed by atoms with van der Waals surface area (Å²) in [7, 11) is -4.09. The Morgan fingerprint density at radius 3 is 1.81 bits per heavy atom. The summed E-state index contributed by atoms with van der Waals surface area (Å²) < 4.78 is 11.0. The van der Waals surface area contributed by atoms with Crippen LogP contribution in [-0.2, 0) is 23.5 Å². The summed E-state index contributed by atoms with van der Waals surface area (Å²) in [5, 5.41) is 17.3. The van der Waals surface area contributed by atoms with Crippen LogP contribution in [0.4, 0.5) is 0 Å². The van der Waals surface area contributed by atoms with Crippen LogP contribution in [0.5, 0.6) is 0 Å². The fraction of sp³-hybridized carbons (Fsp3) is 0.833. The van der Waals surface area contributed by atoms with Crippen molar-refractivity contribution >= 4 is 28.6 Å². The van der Waals surface area contributed by atoms with Crippen molar-refractivity contribution in [2.45, 2.75) is 51.1 Å². The fourth-order valence-corrected chi connectivity index (χ4v) is 4.38. The van der Waals surface area contributed by atoms with E-state index in [2.05, 4.69) is 0 Å². The maximum Gasteiger partial charge on any atom is 0.303 e. The topological polar surface area (TPSA) is 102 Å². The van der Waals surface area contributed by atoms with Crippen molar-refractivity contribution in [2.75, 3.05) is 13.2 Å². The highest BCUT2D eigenvalue weighted by atomic mass is 28.4. The van der Waals surface area contributed by atoms with Crippen LogP contribution in [0.2, 0.25) is 38.3 Å². The number of carbonyl (C=O) groups is 2. The van der Waals surface area contributed by atoms with Gasteiger partial charge < -0.3 is 14.6 Å². The quantitative estimate of drug-likeness (QED) is 0.244. The Labute approximate surface area is 127 Å². The first-order valence-electron chi connectivity index (χ1n) is 6.92. The van der Waals surface area contributed by atoms with E-state index in [4.69, 9.17) is 24.1 Å². The third-order valence-corrected chi connectivity index (χ3v) is 7.29. The Morgan fingerprint density at radius 2 is 1.33 bits per heavy atom. The van der Waals surface area contributed by atoms with Gasteiger partial charge in [0.15, 0.2) is 8.32 Å². The Balaban J connectivity index is 3.79. The van der Waals surface area contributed by atoms with E-state index < -0.39 is 28.6 Å². The van der Waals surface area contributed by atoms with Gasteiger partial charge in [-0.3, -0.25) is 14.2 Å². The lowest BCUT2D eigenvalue weighted by Crippen LogP contribution is -2.34. The number of rotatable bonds is 12. The summed E-state index contributed by atoms with van der Waals surface area (Å²) in [4.78, 5) is 26.1. The first kappa shape index (κ1) is 20.3. The van der Waals surface area contributed by atoms with Gasteiger partial charge in [0, 0.05) is 12.8 Å². The molecule has 0 aromatic heterocycles. The molecule has 0 fully saturated rings. The van der Waals surface area contributed by atoms with Gasteiger partial charge in [-0.15, -0.1) is 0 Å². The average Bonchev–Trinajstić information content (AvgIpc) is 2.34. The molecule has 0 aromatic carbocycles. The van der Waals surface area contributed by atoms with Gasteiger partial charge >= 0.3 is 11.9 Å². The van der Waals surface area contributed by atoms with E-state index in [1.54, 1.807) is 0 Å². The minimum Gasteiger partial charge on any atom is -0.481 e. The summed E-state index contributed by atoms with van der Waals surface area (Å²) in [5.74, 6) is -1.65. The molecule has 0 unspecified atom stereocenters. The van der Waals surface area contributed by atoms with Gasteiger partial charge in [-0.1, -0.05) is 0 Å². The molecule has 9 heteroatoms. The fourth-order valence-electron chi connectivity index (χ4n) is 1.48. The maximum absolute atomic E-state index is 10.5. The SMILES string of the molecule is C[Si](C)(CCC(=O)O)OCCOO[Si](C)(C)CCC(=O)O. The van der Waals surface area contributed by atoms with Crippen LogP contribution in [-0.4, -0.2) is 52.0 Å². The summed E-state index contributed by atoms with van der Waals surface area (Å²) in [5.41, 5.74) is 0. The average molecular weight is 339 g/mol. The molecule has 0 bridgehead atoms. The molecular weight excluding hydrogens is 312 g/mol. The van der Waals surface area contributed by atoms with Crippen molar-refractivity contribution in [3.05, 3.63) is 0 Å². The molecule has 21 heavy (non-hydrogen) atoms. The van der Waals surface area contributed by atoms with Gasteiger partial charge in [-0.2, -0.15) is 0 Å². The minimum absolute atomic E-state index is 0.0776. The molecule has 0 aliphatic carbocycles. The van der Waals surface area contributed by atoms with Crippen molar-refractivity contribution in [1.29, 1.82) is 0 Å². The second kappa shape index (κ2) is 9.31. The van der Waals surface area contributed by atoms with Crippen molar-refractivity contribution in [3.8, 4) is 0 Å². The monoisotopic (exact) mass is 338 g/mol. The van der Waals surface area contributed by atoms with Crippen LogP contribution in [0.3, 0.4) is 0 Å². The van der Waals surface area contributed by atoms with Crippen LogP contribution in [0, 0.1) is 0 Å². The summed E-state index contributed by atoms with van der Waals surface area (Å²) in [6, 6.07) is 1.05. The number of hydrogen-bond donors (Lipinski definition) is 2. The molecule has 0 amide bonds. The molecule has 0 rings (SSSR count). The second-order valence-corrected chi connectivity index (χ2v) is 14.6. The molecule has 0 radical (unpaired) electrons. The molecule has 2 N–H and O–H groups in total. The zero-order valence-electron chi connectivity index (χ0n) is 13.2. The maximum atomic E-state index is 10.5. The second-order valence-electron chi connectivity index (χ2n) is 6.06. The van der Waals surface area contributed by atoms with E-state index in [1.165, 1.54) is 0 Å². The van der Waals surface area contributed by atoms with E-state index in [-0.39, 0.29) is 19.4 Å². The number of hydrogen-bond acceptors (Lipinski definition) is 5. The predicted molar refractivity (Wildman–Crippen MR) is 82.1 cm³/mol. The van der Waals surface area contributed by atoms with E-state index >= 15 is 0 Å². The van der Waals surface area contributed by atoms with Crippen LogP contribution >= 0.6 is 0 Å². The minimum atomic E-state index is -2.12. The van der Waals surface area contributed by atoms with Gasteiger partial charge in [0.05, 0.1) is 6.61 Å². The molecule has 7 nitrogen and oxygen atoms in total. The molecule has 0 saturated heterocycles. The van der Waals surface area contributed by atoms with Gasteiger partial charge in [-0.25, -0.2) is 4.89 Å². The molecule has 0 aromatic rings. The van der Waals surface area contributed by atoms with Gasteiger partial charge in [-0.05, 0) is 38.3 Å². The van der Waals surface area contributed by atoms with Crippen molar-refractivity contribution in [2.24, 2.45) is 0 Å². The smallest absolute Gasteiger partial charge is 0.303 e. The largest absolute Gasteiger partial charge is 0.481 e. The van der Waals surface area contributed by atoms with Crippen LogP contribution < -0.4 is 0 Å². The zero-order valence-corrected chi connectivity index (χ0v) is 15.2. The number of carboxylic acid groups (broad SMARTS) is 2. The Kier molecular flexibility index (Phi) is 8.98. The third-order valence-electron chi connectivity index (χ3n) is 2.83. The van der Waals surface area contributed by atoms with Gasteiger partial charge in [0.25, 0.3) is 0 Å². The molecule has 0 spiro atoms. The Morgan fingerprint density at radius 1 is 0.857 bits per heavy atom. The summed E-state index contributed by atoms with van der Waals surface area (Å²) in [6.45, 7) is 8.31. The van der Waals surface area contributed by atoms with Crippen LogP contribution in [0.15, 0.2) is 0 Å². The first-order chi connectivity index (χ1) is 9.54. The highest BCUT2D eigenvalue weighted by molar-refractivity contribution is 6.71. The summed E-state index contributed by atoms with van der Waals surface area (Å²) >= 11 is 0. The molecule has 0 saturated carbocycles. The first-order valence-corrected chi connectivity index (χ1v) is 13.2. The lowest BCUT2D eigenvalue weighted by atomic mass is 10.5. The normalized spacial score (nSPS) is 12.4. The molecule has 0 heterocycles. The van der Waals surface area contributed by atoms with E-state index in [0.29, 0.717) is 18.7 Å². The van der Waals surface area contributed by atoms with Crippen molar-refractivity contribution < 1.29 is 33.7 Å². The van der Waals surface area contributed by atoms with Crippen molar-refractivity contribution in [1.82, 2.24) is 0 Å². The van der Waals surface area contributed by atoms with Crippen LogP contribution in [0.25, 0.3) is 0 Å². The summed E-state index contributed by atoms with van der Waals surface area (Å²) in [6.07, 6.45) is 0.194. The molecule has 0 aliphatic rings. The molecular formula is C12H26O7Si2. The van der Waals surface area contributed by atoms with E-state index in [0.717, 1.165) is 0 Å². The lowest BCUT2D eigenvalue weighted by molar-refractivity contribution is -0.222. The molecule has 124 valence electrons. The predicted octanol–water partition coefficient (Wildman–Crippen LogP) is 2.31. The zero-order chi connectivity index (χ0) is 16.5. The lowest BCUT2D eigenvalue weighted by Gasteiger charge is -2.23. The number of carboxylic acids is 2. The van der Waals surface area contributed by atoms with Crippen LogP contribution in [0.1, 0.15) is 12.8 Å². The number of aliphatic carboxylic acids is 2. The highest BCUT2D eigenvalue weighted by Gasteiger charge is 2.26. The van der Waals surface area contributed by atoms with E-state index in [9.17, 15) is 9.59 Å². The third kappa shape index (κ3) is 12.7. The Bertz CT molecular complexity index is 312. The molecule has 0 atom stereocenters.